The second kappa shape index (κ2) is 14.8. The summed E-state index contributed by atoms with van der Waals surface area (Å²) in [5.74, 6) is 0.554. The molecule has 3 heteroatoms. The Morgan fingerprint density at radius 1 is 1.32 bits per heavy atom. The van der Waals surface area contributed by atoms with E-state index < -0.39 is 0 Å². The van der Waals surface area contributed by atoms with Crippen LogP contribution in [0.25, 0.3) is 0 Å². The first-order chi connectivity index (χ1) is 13.3. The van der Waals surface area contributed by atoms with Gasteiger partial charge in [0.05, 0.1) is 6.07 Å². The average molecular weight is 397 g/mol. The topological polar surface area (TPSA) is 27.0 Å². The van der Waals surface area contributed by atoms with E-state index in [2.05, 4.69) is 83.4 Å². The summed E-state index contributed by atoms with van der Waals surface area (Å²) in [4.78, 5) is 5.29. The maximum Gasteiger partial charge on any atom is 0.0908 e. The summed E-state index contributed by atoms with van der Waals surface area (Å²) >= 11 is 1.91. The van der Waals surface area contributed by atoms with Gasteiger partial charge in [0, 0.05) is 29.8 Å². The van der Waals surface area contributed by atoms with E-state index in [1.54, 1.807) is 6.08 Å². The van der Waals surface area contributed by atoms with Crippen molar-refractivity contribution < 1.29 is 0 Å². The Morgan fingerprint density at radius 2 is 2.00 bits per heavy atom. The van der Waals surface area contributed by atoms with Crippen molar-refractivity contribution in [3.63, 3.8) is 0 Å². The molecule has 2 nitrogen and oxygen atoms in total. The molecule has 0 aromatic rings. The molecule has 0 amide bonds. The van der Waals surface area contributed by atoms with Crippen LogP contribution in [0.5, 0.6) is 0 Å². The minimum atomic E-state index is 0.554. The molecule has 0 unspecified atom stereocenters. The molecule has 0 N–H and O–H groups in total. The number of hydrogen-bond acceptors (Lipinski definition) is 3. The van der Waals surface area contributed by atoms with Gasteiger partial charge in [-0.25, -0.2) is 0 Å². The van der Waals surface area contributed by atoms with Crippen molar-refractivity contribution in [2.75, 3.05) is 13.1 Å². The zero-order chi connectivity index (χ0) is 21.5. The second-order valence-corrected chi connectivity index (χ2v) is 8.12. The van der Waals surface area contributed by atoms with Crippen molar-refractivity contribution in [1.82, 2.24) is 4.90 Å². The molecule has 1 aliphatic heterocycles. The quantitative estimate of drug-likeness (QED) is 0.328. The number of allylic oxidation sites excluding steroid dienone is 10. The van der Waals surface area contributed by atoms with Crippen molar-refractivity contribution in [2.24, 2.45) is 5.92 Å². The predicted molar refractivity (Wildman–Crippen MR) is 128 cm³/mol. The minimum Gasteiger partial charge on any atom is -0.366 e. The molecule has 28 heavy (non-hydrogen) atoms. The Balaban J connectivity index is 0.00000129. The van der Waals surface area contributed by atoms with Crippen LogP contribution in [-0.2, 0) is 0 Å². The highest BCUT2D eigenvalue weighted by molar-refractivity contribution is 8.06. The van der Waals surface area contributed by atoms with Crippen LogP contribution in [0, 0.1) is 17.2 Å². The van der Waals surface area contributed by atoms with Crippen molar-refractivity contribution in [2.45, 2.75) is 48.5 Å². The average Bonchev–Trinajstić information content (AvgIpc) is 2.65. The standard InChI is InChI=1S/C21H31NS.C4H5N/c1-8-11-19(12-9-2)14-22-15-21(23-18(7)10-3)20(16(4)5)13-17(22)6;1-2-3-4-5/h8-13,16H,1,14-15H2,2-7H3;2-3H,1H3/b12-9-,18-10-,19-11+;3-2+. The van der Waals surface area contributed by atoms with Crippen LogP contribution in [-0.4, -0.2) is 18.0 Å². The van der Waals surface area contributed by atoms with Crippen LogP contribution < -0.4 is 0 Å². The summed E-state index contributed by atoms with van der Waals surface area (Å²) in [6.07, 6.45) is 15.9. The molecule has 0 saturated heterocycles. The monoisotopic (exact) mass is 396 g/mol. The number of nitriles is 1. The van der Waals surface area contributed by atoms with Crippen molar-refractivity contribution >= 4 is 11.8 Å². The van der Waals surface area contributed by atoms with Crippen LogP contribution in [0.1, 0.15) is 48.5 Å². The van der Waals surface area contributed by atoms with Gasteiger partial charge in [0.15, 0.2) is 0 Å². The minimum absolute atomic E-state index is 0.554. The van der Waals surface area contributed by atoms with E-state index in [0.29, 0.717) is 5.92 Å². The fourth-order valence-electron chi connectivity index (χ4n) is 2.62. The predicted octanol–water partition coefficient (Wildman–Crippen LogP) is 7.55. The third kappa shape index (κ3) is 9.67. The lowest BCUT2D eigenvalue weighted by Crippen LogP contribution is -2.29. The van der Waals surface area contributed by atoms with E-state index in [1.165, 1.54) is 32.7 Å². The molecule has 1 aliphatic rings. The van der Waals surface area contributed by atoms with Gasteiger partial charge in [0.25, 0.3) is 0 Å². The van der Waals surface area contributed by atoms with E-state index in [-0.39, 0.29) is 0 Å². The molecule has 1 heterocycles. The summed E-state index contributed by atoms with van der Waals surface area (Å²) in [6, 6.07) is 1.84. The van der Waals surface area contributed by atoms with Gasteiger partial charge < -0.3 is 4.90 Å². The van der Waals surface area contributed by atoms with Gasteiger partial charge in [-0.15, -0.1) is 0 Å². The van der Waals surface area contributed by atoms with Gasteiger partial charge >= 0.3 is 0 Å². The summed E-state index contributed by atoms with van der Waals surface area (Å²) in [6.45, 7) is 20.7. The van der Waals surface area contributed by atoms with Gasteiger partial charge in [0.1, 0.15) is 0 Å². The van der Waals surface area contributed by atoms with Crippen molar-refractivity contribution in [3.8, 4) is 6.07 Å². The molecule has 0 spiro atoms. The van der Waals surface area contributed by atoms with Gasteiger partial charge in [-0.2, -0.15) is 5.26 Å². The second-order valence-electron chi connectivity index (χ2n) is 6.78. The molecular weight excluding hydrogens is 360 g/mol. The Labute approximate surface area is 177 Å². The van der Waals surface area contributed by atoms with E-state index in [4.69, 9.17) is 5.26 Å². The maximum absolute atomic E-state index is 7.73. The molecular formula is C25H36N2S. The van der Waals surface area contributed by atoms with E-state index in [1.807, 2.05) is 30.8 Å². The third-order valence-electron chi connectivity index (χ3n) is 4.16. The first-order valence-electron chi connectivity index (χ1n) is 9.76. The number of rotatable bonds is 7. The molecule has 0 radical (unpaired) electrons. The number of thioether (sulfide) groups is 1. The molecule has 152 valence electrons. The zero-order valence-corrected chi connectivity index (χ0v) is 19.4. The van der Waals surface area contributed by atoms with Crippen LogP contribution >= 0.6 is 11.8 Å². The summed E-state index contributed by atoms with van der Waals surface area (Å²) < 4.78 is 0. The van der Waals surface area contributed by atoms with E-state index in [9.17, 15) is 0 Å². The van der Waals surface area contributed by atoms with Gasteiger partial charge in [-0.1, -0.05) is 68.6 Å². The van der Waals surface area contributed by atoms with Crippen molar-refractivity contribution in [3.05, 3.63) is 81.8 Å². The molecule has 0 aromatic carbocycles. The summed E-state index contributed by atoms with van der Waals surface area (Å²) in [7, 11) is 0. The maximum atomic E-state index is 7.73. The summed E-state index contributed by atoms with van der Waals surface area (Å²) in [5.41, 5.74) is 4.11. The molecule has 0 atom stereocenters. The Morgan fingerprint density at radius 3 is 2.43 bits per heavy atom. The normalized spacial score (nSPS) is 15.7. The third-order valence-corrected chi connectivity index (χ3v) is 5.33. The van der Waals surface area contributed by atoms with Crippen molar-refractivity contribution in [1.29, 1.82) is 5.26 Å². The van der Waals surface area contributed by atoms with E-state index in [0.717, 1.165) is 13.1 Å². The Kier molecular flexibility index (Phi) is 13.7. The fraction of sp³-hybridized carbons (Fsp3) is 0.400. The molecule has 0 aliphatic carbocycles. The highest BCUT2D eigenvalue weighted by Gasteiger charge is 2.20. The molecule has 0 saturated carbocycles. The van der Waals surface area contributed by atoms with Gasteiger partial charge in [0.2, 0.25) is 0 Å². The highest BCUT2D eigenvalue weighted by Crippen LogP contribution is 2.36. The zero-order valence-electron chi connectivity index (χ0n) is 18.6. The molecule has 0 aromatic heterocycles. The highest BCUT2D eigenvalue weighted by atomic mass is 32.2. The van der Waals surface area contributed by atoms with Gasteiger partial charge in [-0.3, -0.25) is 0 Å². The fourth-order valence-corrected chi connectivity index (χ4v) is 3.76. The number of hydrogen-bond donors (Lipinski definition) is 0. The van der Waals surface area contributed by atoms with Crippen LogP contribution in [0.2, 0.25) is 0 Å². The Bertz CT molecular complexity index is 722. The van der Waals surface area contributed by atoms with E-state index >= 15 is 0 Å². The lowest BCUT2D eigenvalue weighted by molar-refractivity contribution is 0.403. The lowest BCUT2D eigenvalue weighted by Gasteiger charge is -2.33. The van der Waals surface area contributed by atoms with Gasteiger partial charge in [-0.05, 0) is 62.7 Å². The smallest absolute Gasteiger partial charge is 0.0908 e. The first-order valence-corrected chi connectivity index (χ1v) is 10.6. The Hall–Kier alpha value is -2.18. The molecule has 0 bridgehead atoms. The molecule has 0 fully saturated rings. The largest absolute Gasteiger partial charge is 0.366 e. The SMILES string of the molecule is C/C=C/C#N.C=C/C=C(\C=C/C)CN1CC(S/C(C)=C\C)=C(C(C)C)C=C1C. The van der Waals surface area contributed by atoms with Crippen LogP contribution in [0.4, 0.5) is 0 Å². The first kappa shape index (κ1) is 25.8. The lowest BCUT2D eigenvalue weighted by atomic mass is 9.98. The number of nitrogens with zero attached hydrogens (tertiary/aromatic N) is 2. The summed E-state index contributed by atoms with van der Waals surface area (Å²) in [5, 5.41) is 7.73. The molecule has 1 rings (SSSR count). The van der Waals surface area contributed by atoms with Crippen LogP contribution in [0.15, 0.2) is 81.8 Å². The van der Waals surface area contributed by atoms with Crippen LogP contribution in [0.3, 0.4) is 0 Å².